The molecule has 0 radical (unpaired) electrons. The molecule has 8 nitrogen and oxygen atoms in total. The standard InChI is InChI=1S/C22H23F2N3O5/c1-13-7-14(2)11-26(10-13)19-6-3-15(8-20(19)27(30)31)22(29)32-12-21(28)25-18-5-4-16(23)9-17(18)24/h3-6,8-9,13-14H,7,10-12H2,1-2H3,(H,25,28)/t13-,14-/m0/s1. The molecule has 1 heterocycles. The number of nitrogens with one attached hydrogen (secondary N) is 1. The highest BCUT2D eigenvalue weighted by atomic mass is 19.1. The normalized spacial score (nSPS) is 18.2. The molecule has 2 aromatic carbocycles. The molecular formula is C22H23F2N3O5. The molecule has 0 saturated carbocycles. The summed E-state index contributed by atoms with van der Waals surface area (Å²) in [7, 11) is 0. The van der Waals surface area contributed by atoms with E-state index in [4.69, 9.17) is 4.74 Å². The van der Waals surface area contributed by atoms with Crippen molar-refractivity contribution in [3.63, 3.8) is 0 Å². The Labute approximate surface area is 183 Å². The zero-order valence-corrected chi connectivity index (χ0v) is 17.6. The topological polar surface area (TPSA) is 102 Å². The number of halogens is 2. The van der Waals surface area contributed by atoms with Crippen LogP contribution in [0.5, 0.6) is 0 Å². The van der Waals surface area contributed by atoms with E-state index >= 15 is 0 Å². The maximum atomic E-state index is 13.6. The van der Waals surface area contributed by atoms with Crippen LogP contribution >= 0.6 is 0 Å². The summed E-state index contributed by atoms with van der Waals surface area (Å²) in [5.41, 5.74) is -0.148. The predicted molar refractivity (Wildman–Crippen MR) is 114 cm³/mol. The minimum atomic E-state index is -0.975. The first-order valence-electron chi connectivity index (χ1n) is 10.1. The number of hydrogen-bond donors (Lipinski definition) is 1. The summed E-state index contributed by atoms with van der Waals surface area (Å²) in [6, 6.07) is 6.65. The van der Waals surface area contributed by atoms with Crippen LogP contribution in [0.3, 0.4) is 0 Å². The molecule has 0 unspecified atom stereocenters. The van der Waals surface area contributed by atoms with Crippen LogP contribution in [0, 0.1) is 33.6 Å². The molecule has 3 rings (SSSR count). The third kappa shape index (κ3) is 5.57. The fourth-order valence-electron chi connectivity index (χ4n) is 3.92. The Bertz CT molecular complexity index is 1040. The van der Waals surface area contributed by atoms with Gasteiger partial charge in [0.2, 0.25) is 0 Å². The summed E-state index contributed by atoms with van der Waals surface area (Å²) in [6.07, 6.45) is 1.04. The third-order valence-corrected chi connectivity index (χ3v) is 5.16. The van der Waals surface area contributed by atoms with E-state index in [1.165, 1.54) is 12.1 Å². The highest BCUT2D eigenvalue weighted by molar-refractivity contribution is 5.96. The van der Waals surface area contributed by atoms with Gasteiger partial charge in [0, 0.05) is 25.2 Å². The van der Waals surface area contributed by atoms with Gasteiger partial charge in [-0.3, -0.25) is 14.9 Å². The van der Waals surface area contributed by atoms with Crippen molar-refractivity contribution in [3.8, 4) is 0 Å². The van der Waals surface area contributed by atoms with Crippen molar-refractivity contribution in [2.45, 2.75) is 20.3 Å². The lowest BCUT2D eigenvalue weighted by Gasteiger charge is -2.36. The first-order valence-corrected chi connectivity index (χ1v) is 10.1. The van der Waals surface area contributed by atoms with Gasteiger partial charge in [-0.25, -0.2) is 13.6 Å². The van der Waals surface area contributed by atoms with E-state index in [0.29, 0.717) is 36.7 Å². The summed E-state index contributed by atoms with van der Waals surface area (Å²) in [6.45, 7) is 4.78. The lowest BCUT2D eigenvalue weighted by atomic mass is 9.91. The molecule has 2 atom stereocenters. The van der Waals surface area contributed by atoms with Crippen molar-refractivity contribution < 1.29 is 28.0 Å². The molecule has 1 aliphatic heterocycles. The number of hydrogen-bond acceptors (Lipinski definition) is 6. The highest BCUT2D eigenvalue weighted by Gasteiger charge is 2.28. The smallest absolute Gasteiger partial charge is 0.338 e. The Morgan fingerprint density at radius 2 is 1.84 bits per heavy atom. The number of nitro groups is 1. The quantitative estimate of drug-likeness (QED) is 0.406. The fourth-order valence-corrected chi connectivity index (χ4v) is 3.92. The van der Waals surface area contributed by atoms with Crippen molar-refractivity contribution >= 4 is 28.9 Å². The molecule has 0 aliphatic carbocycles. The molecule has 1 N–H and O–H groups in total. The monoisotopic (exact) mass is 447 g/mol. The van der Waals surface area contributed by atoms with E-state index in [1.54, 1.807) is 0 Å². The number of benzene rings is 2. The average molecular weight is 447 g/mol. The lowest BCUT2D eigenvalue weighted by molar-refractivity contribution is -0.384. The Morgan fingerprint density at radius 3 is 2.47 bits per heavy atom. The number of rotatable bonds is 6. The fraction of sp³-hybridized carbons (Fsp3) is 0.364. The molecule has 2 aromatic rings. The predicted octanol–water partition coefficient (Wildman–Crippen LogP) is 4.15. The van der Waals surface area contributed by atoms with Gasteiger partial charge in [-0.15, -0.1) is 0 Å². The van der Waals surface area contributed by atoms with Gasteiger partial charge in [0.25, 0.3) is 11.6 Å². The van der Waals surface area contributed by atoms with E-state index in [9.17, 15) is 28.5 Å². The van der Waals surface area contributed by atoms with E-state index in [2.05, 4.69) is 19.2 Å². The SMILES string of the molecule is C[C@H]1C[C@H](C)CN(c2ccc(C(=O)OCC(=O)Nc3ccc(F)cc3F)cc2[N+](=O)[O-])C1. The van der Waals surface area contributed by atoms with Crippen molar-refractivity contribution in [3.05, 3.63) is 63.7 Å². The molecular weight excluding hydrogens is 424 g/mol. The van der Waals surface area contributed by atoms with Gasteiger partial charge in [-0.2, -0.15) is 0 Å². The van der Waals surface area contributed by atoms with Crippen LogP contribution in [-0.4, -0.2) is 36.5 Å². The van der Waals surface area contributed by atoms with Crippen LogP contribution in [-0.2, 0) is 9.53 Å². The van der Waals surface area contributed by atoms with Crippen LogP contribution in [0.15, 0.2) is 36.4 Å². The van der Waals surface area contributed by atoms with Crippen LogP contribution in [0.1, 0.15) is 30.6 Å². The van der Waals surface area contributed by atoms with E-state index < -0.39 is 35.0 Å². The first-order chi connectivity index (χ1) is 15.1. The number of amides is 1. The van der Waals surface area contributed by atoms with Gasteiger partial charge in [-0.05, 0) is 42.5 Å². The molecule has 1 saturated heterocycles. The zero-order chi connectivity index (χ0) is 23.4. The second-order valence-electron chi connectivity index (χ2n) is 8.06. The first kappa shape index (κ1) is 23.1. The summed E-state index contributed by atoms with van der Waals surface area (Å²) >= 11 is 0. The number of nitro benzene ring substituents is 1. The van der Waals surface area contributed by atoms with E-state index in [0.717, 1.165) is 24.6 Å². The number of esters is 1. The second kappa shape index (κ2) is 9.71. The van der Waals surface area contributed by atoms with Gasteiger partial charge in [-0.1, -0.05) is 13.8 Å². The number of carbonyl (C=O) groups is 2. The van der Waals surface area contributed by atoms with Crippen molar-refractivity contribution in [1.29, 1.82) is 0 Å². The molecule has 1 fully saturated rings. The zero-order valence-electron chi connectivity index (χ0n) is 17.6. The average Bonchev–Trinajstić information content (AvgIpc) is 2.73. The Kier molecular flexibility index (Phi) is 7.01. The number of ether oxygens (including phenoxy) is 1. The van der Waals surface area contributed by atoms with Gasteiger partial charge in [0.15, 0.2) is 6.61 Å². The van der Waals surface area contributed by atoms with Gasteiger partial charge >= 0.3 is 5.97 Å². The summed E-state index contributed by atoms with van der Waals surface area (Å²) in [5, 5.41) is 13.8. The number of anilines is 2. The minimum absolute atomic E-state index is 0.0840. The van der Waals surface area contributed by atoms with Crippen molar-refractivity contribution in [2.24, 2.45) is 11.8 Å². The molecule has 0 aromatic heterocycles. The maximum Gasteiger partial charge on any atom is 0.338 e. The summed E-state index contributed by atoms with van der Waals surface area (Å²) in [5.74, 6) is -2.79. The maximum absolute atomic E-state index is 13.6. The molecule has 0 bridgehead atoms. The number of nitrogens with zero attached hydrogens (tertiary/aromatic N) is 2. The van der Waals surface area contributed by atoms with Gasteiger partial charge in [0.05, 0.1) is 16.2 Å². The largest absolute Gasteiger partial charge is 0.452 e. The Morgan fingerprint density at radius 1 is 1.16 bits per heavy atom. The van der Waals surface area contributed by atoms with Crippen LogP contribution in [0.4, 0.5) is 25.8 Å². The lowest BCUT2D eigenvalue weighted by Crippen LogP contribution is -2.39. The molecule has 170 valence electrons. The second-order valence-corrected chi connectivity index (χ2v) is 8.06. The summed E-state index contributed by atoms with van der Waals surface area (Å²) in [4.78, 5) is 37.3. The number of carbonyl (C=O) groups excluding carboxylic acids is 2. The Balaban J connectivity index is 1.68. The van der Waals surface area contributed by atoms with Crippen molar-refractivity contribution in [2.75, 3.05) is 29.9 Å². The van der Waals surface area contributed by atoms with Crippen LogP contribution in [0.2, 0.25) is 0 Å². The van der Waals surface area contributed by atoms with E-state index in [1.807, 2.05) is 4.90 Å². The van der Waals surface area contributed by atoms with Gasteiger partial charge < -0.3 is 15.0 Å². The molecule has 0 spiro atoms. The molecule has 1 aliphatic rings. The third-order valence-electron chi connectivity index (χ3n) is 5.16. The molecule has 10 heteroatoms. The molecule has 32 heavy (non-hydrogen) atoms. The van der Waals surface area contributed by atoms with Crippen molar-refractivity contribution in [1.82, 2.24) is 0 Å². The number of piperidine rings is 1. The Hall–Kier alpha value is -3.56. The van der Waals surface area contributed by atoms with E-state index in [-0.39, 0.29) is 16.9 Å². The van der Waals surface area contributed by atoms with Crippen LogP contribution < -0.4 is 10.2 Å². The minimum Gasteiger partial charge on any atom is -0.452 e. The van der Waals surface area contributed by atoms with Crippen LogP contribution in [0.25, 0.3) is 0 Å². The summed E-state index contributed by atoms with van der Waals surface area (Å²) < 4.78 is 31.4. The van der Waals surface area contributed by atoms with Gasteiger partial charge in [0.1, 0.15) is 17.3 Å². The molecule has 1 amide bonds. The highest BCUT2D eigenvalue weighted by Crippen LogP contribution is 2.34.